The van der Waals surface area contributed by atoms with E-state index in [2.05, 4.69) is 5.32 Å². The van der Waals surface area contributed by atoms with E-state index in [1.54, 1.807) is 32.4 Å². The highest BCUT2D eigenvalue weighted by molar-refractivity contribution is 7.92. The Bertz CT molecular complexity index is 1440. The van der Waals surface area contributed by atoms with Crippen molar-refractivity contribution in [3.05, 3.63) is 53.3 Å². The Balaban J connectivity index is 1.96. The molecule has 1 aliphatic rings. The number of sulfonamides is 1. The number of nitrogens with zero attached hydrogens (tertiary/aromatic N) is 1. The van der Waals surface area contributed by atoms with Crippen LogP contribution in [0.5, 0.6) is 0 Å². The van der Waals surface area contributed by atoms with Gasteiger partial charge in [0.25, 0.3) is 5.91 Å². The molecule has 35 heavy (non-hydrogen) atoms. The number of anilines is 1. The molecular weight excluding hydrogens is 494 g/mol. The van der Waals surface area contributed by atoms with Crippen molar-refractivity contribution >= 4 is 39.7 Å². The van der Waals surface area contributed by atoms with Crippen molar-refractivity contribution in [1.29, 1.82) is 0 Å². The second kappa shape index (κ2) is 9.08. The normalized spacial score (nSPS) is 18.9. The summed E-state index contributed by atoms with van der Waals surface area (Å²) >= 11 is 0. The van der Waals surface area contributed by atoms with Gasteiger partial charge in [-0.3, -0.25) is 9.10 Å². The zero-order valence-electron chi connectivity index (χ0n) is 20.2. The molecule has 1 amide bonds. The van der Waals surface area contributed by atoms with Gasteiger partial charge < -0.3 is 19.0 Å². The van der Waals surface area contributed by atoms with Gasteiger partial charge in [-0.05, 0) is 50.6 Å². The Hall–Kier alpha value is -2.68. The smallest absolute Gasteiger partial charge is 0.255 e. The fraction of sp³-hybridized carbons (Fsp3) is 0.375. The van der Waals surface area contributed by atoms with Gasteiger partial charge in [0, 0.05) is 35.8 Å². The maximum atomic E-state index is 13.5. The van der Waals surface area contributed by atoms with Crippen molar-refractivity contribution in [3.63, 3.8) is 0 Å². The summed E-state index contributed by atoms with van der Waals surface area (Å²) in [5.74, 6) is -0.582. The van der Waals surface area contributed by atoms with Crippen molar-refractivity contribution in [2.45, 2.75) is 19.1 Å². The molecule has 2 aromatic carbocycles. The first-order valence-corrected chi connectivity index (χ1v) is 15.7. The number of benzene rings is 2. The minimum atomic E-state index is -3.72. The number of carbonyl (C=O) groups is 1. The van der Waals surface area contributed by atoms with Crippen LogP contribution in [0.15, 0.2) is 40.8 Å². The highest BCUT2D eigenvalue weighted by Crippen LogP contribution is 2.44. The average molecular weight is 523 g/mol. The van der Waals surface area contributed by atoms with Crippen LogP contribution in [-0.4, -0.2) is 59.8 Å². The molecule has 1 N–H and O–H groups in total. The molecule has 1 aromatic heterocycles. The first kappa shape index (κ1) is 25.4. The Kier molecular flexibility index (Phi) is 6.59. The molecule has 0 saturated carbocycles. The van der Waals surface area contributed by atoms with E-state index in [1.165, 1.54) is 35.6 Å². The Morgan fingerprint density at radius 1 is 1.23 bits per heavy atom. The quantitative estimate of drug-likeness (QED) is 0.497. The molecule has 0 bridgehead atoms. The van der Waals surface area contributed by atoms with Gasteiger partial charge in [-0.1, -0.05) is 0 Å². The lowest BCUT2D eigenvalue weighted by molar-refractivity contribution is 0.0191. The fourth-order valence-corrected chi connectivity index (χ4v) is 6.57. The highest BCUT2D eigenvalue weighted by Gasteiger charge is 2.35. The van der Waals surface area contributed by atoms with Crippen molar-refractivity contribution in [1.82, 2.24) is 5.32 Å². The number of furan rings is 1. The van der Waals surface area contributed by atoms with E-state index in [0.29, 0.717) is 27.8 Å². The number of halogens is 1. The lowest BCUT2D eigenvalue weighted by atomic mass is 10.0. The molecule has 8 nitrogen and oxygen atoms in total. The predicted molar refractivity (Wildman–Crippen MR) is 135 cm³/mol. The molecule has 2 atom stereocenters. The van der Waals surface area contributed by atoms with Crippen LogP contribution in [0.3, 0.4) is 0 Å². The number of fused-ring (bicyclic) bond motifs is 2. The number of nitrogens with one attached hydrogen (secondary N) is 1. The topological polar surface area (TPSA) is 106 Å². The van der Waals surface area contributed by atoms with Crippen LogP contribution in [0.1, 0.15) is 28.9 Å². The minimum Gasteiger partial charge on any atom is -0.455 e. The van der Waals surface area contributed by atoms with Crippen LogP contribution in [0.2, 0.25) is 0 Å². The van der Waals surface area contributed by atoms with E-state index in [0.717, 1.165) is 6.26 Å². The molecule has 0 fully saturated rings. The summed E-state index contributed by atoms with van der Waals surface area (Å²) in [5, 5.41) is 3.08. The number of hydrogen-bond acceptors (Lipinski definition) is 6. The molecule has 0 unspecified atom stereocenters. The molecular formula is C24H28FN2O6PS. The predicted octanol–water partition coefficient (Wildman–Crippen LogP) is 4.45. The molecule has 4 rings (SSSR count). The van der Waals surface area contributed by atoms with Crippen LogP contribution >= 0.6 is 7.14 Å². The van der Waals surface area contributed by atoms with Gasteiger partial charge in [-0.25, -0.2) is 12.8 Å². The summed E-state index contributed by atoms with van der Waals surface area (Å²) in [5.41, 5.74) is 1.99. The standard InChI is InChI=1S/C24H28FN2O6PS/c1-14-18-10-19-21(33-23(22(19)24(28)26-2)15-6-8-16(25)9-7-15)11-20(18)27(35(5,30)31)12-17(32-14)13-34(3,4)29/h6-11,14,17H,12-13H2,1-5H3,(H,26,28)/t14-,17-/m0/s1. The van der Waals surface area contributed by atoms with E-state index < -0.39 is 41.1 Å². The maximum Gasteiger partial charge on any atom is 0.255 e. The van der Waals surface area contributed by atoms with Crippen molar-refractivity contribution in [2.24, 2.45) is 0 Å². The van der Waals surface area contributed by atoms with Crippen molar-refractivity contribution < 1.29 is 31.3 Å². The Labute approximate surface area is 203 Å². The Morgan fingerprint density at radius 2 is 1.89 bits per heavy atom. The third kappa shape index (κ3) is 5.15. The third-order valence-electron chi connectivity index (χ3n) is 5.91. The first-order chi connectivity index (χ1) is 16.3. The summed E-state index contributed by atoms with van der Waals surface area (Å²) < 4.78 is 65.1. The molecule has 3 aromatic rings. The molecule has 0 aliphatic carbocycles. The largest absolute Gasteiger partial charge is 0.455 e. The zero-order chi connectivity index (χ0) is 25.7. The number of carbonyl (C=O) groups excluding carboxylic acids is 1. The lowest BCUT2D eigenvalue weighted by Crippen LogP contribution is -2.38. The SMILES string of the molecule is CNC(=O)c1c(-c2ccc(F)cc2)oc2cc3c(cc12)[C@H](C)O[C@H](CP(C)(C)=O)CN3S(C)(=O)=O. The van der Waals surface area contributed by atoms with Gasteiger partial charge in [0.1, 0.15) is 17.2 Å². The number of ether oxygens (including phenoxy) is 1. The van der Waals surface area contributed by atoms with Gasteiger partial charge in [0.15, 0.2) is 0 Å². The van der Waals surface area contributed by atoms with Gasteiger partial charge in [-0.2, -0.15) is 0 Å². The van der Waals surface area contributed by atoms with Crippen molar-refractivity contribution in [3.8, 4) is 11.3 Å². The molecule has 0 saturated heterocycles. The molecule has 188 valence electrons. The lowest BCUT2D eigenvalue weighted by Gasteiger charge is -2.25. The average Bonchev–Trinajstić information content (AvgIpc) is 3.06. The van der Waals surface area contributed by atoms with Crippen LogP contribution < -0.4 is 9.62 Å². The first-order valence-electron chi connectivity index (χ1n) is 11.0. The summed E-state index contributed by atoms with van der Waals surface area (Å²) in [4.78, 5) is 12.9. The van der Waals surface area contributed by atoms with Crippen LogP contribution in [0, 0.1) is 5.82 Å². The van der Waals surface area contributed by atoms with Gasteiger partial charge >= 0.3 is 0 Å². The van der Waals surface area contributed by atoms with Crippen LogP contribution in [0.4, 0.5) is 10.1 Å². The van der Waals surface area contributed by atoms with Gasteiger partial charge in [0.05, 0.1) is 43.4 Å². The number of amides is 1. The highest BCUT2D eigenvalue weighted by atomic mass is 32.2. The van der Waals surface area contributed by atoms with Crippen LogP contribution in [-0.2, 0) is 19.3 Å². The van der Waals surface area contributed by atoms with E-state index in [1.807, 2.05) is 0 Å². The minimum absolute atomic E-state index is 0.00117. The third-order valence-corrected chi connectivity index (χ3v) is 8.35. The van der Waals surface area contributed by atoms with E-state index in [-0.39, 0.29) is 24.0 Å². The summed E-state index contributed by atoms with van der Waals surface area (Å²) in [6.07, 6.45) is 0.214. The van der Waals surface area contributed by atoms with E-state index in [9.17, 15) is 22.2 Å². The summed E-state index contributed by atoms with van der Waals surface area (Å²) in [7, 11) is -4.73. The molecule has 0 spiro atoms. The number of rotatable bonds is 5. The summed E-state index contributed by atoms with van der Waals surface area (Å²) in [6, 6.07) is 8.86. The second-order valence-corrected chi connectivity index (χ2v) is 14.7. The molecule has 11 heteroatoms. The van der Waals surface area contributed by atoms with Gasteiger partial charge in [-0.15, -0.1) is 0 Å². The van der Waals surface area contributed by atoms with E-state index >= 15 is 0 Å². The van der Waals surface area contributed by atoms with Crippen LogP contribution in [0.25, 0.3) is 22.3 Å². The fourth-order valence-electron chi connectivity index (χ4n) is 4.44. The maximum absolute atomic E-state index is 13.5. The van der Waals surface area contributed by atoms with Crippen molar-refractivity contribution in [2.75, 3.05) is 43.6 Å². The summed E-state index contributed by atoms with van der Waals surface area (Å²) in [6.45, 7) is 5.08. The molecule has 2 heterocycles. The monoisotopic (exact) mass is 522 g/mol. The second-order valence-electron chi connectivity index (χ2n) is 9.25. The zero-order valence-corrected chi connectivity index (χ0v) is 21.9. The van der Waals surface area contributed by atoms with Gasteiger partial charge in [0.2, 0.25) is 10.0 Å². The van der Waals surface area contributed by atoms with E-state index in [4.69, 9.17) is 9.15 Å². The Morgan fingerprint density at radius 3 is 2.46 bits per heavy atom. The molecule has 0 radical (unpaired) electrons. The number of hydrogen-bond donors (Lipinski definition) is 1. The molecule has 1 aliphatic heterocycles.